The molecule has 78 valence electrons. The molecular formula is C9H20N2O2. The van der Waals surface area contributed by atoms with Gasteiger partial charge in [-0.3, -0.25) is 9.80 Å². The quantitative estimate of drug-likeness (QED) is 0.593. The van der Waals surface area contributed by atoms with Crippen molar-refractivity contribution in [3.05, 3.63) is 0 Å². The average Bonchev–Trinajstić information content (AvgIpc) is 2.10. The topological polar surface area (TPSA) is 46.9 Å². The minimum absolute atomic E-state index is 0.240. The third-order valence-corrected chi connectivity index (χ3v) is 2.65. The van der Waals surface area contributed by atoms with Gasteiger partial charge in [0, 0.05) is 38.8 Å². The zero-order valence-electron chi connectivity index (χ0n) is 8.32. The smallest absolute Gasteiger partial charge is 0.0558 e. The van der Waals surface area contributed by atoms with E-state index >= 15 is 0 Å². The van der Waals surface area contributed by atoms with Crippen LogP contribution in [0.5, 0.6) is 0 Å². The van der Waals surface area contributed by atoms with Gasteiger partial charge in [0.2, 0.25) is 0 Å². The Bertz CT molecular complexity index is 144. The van der Waals surface area contributed by atoms with Crippen molar-refractivity contribution < 1.29 is 10.2 Å². The lowest BCUT2D eigenvalue weighted by molar-refractivity contribution is 0.0592. The molecule has 1 aliphatic heterocycles. The summed E-state index contributed by atoms with van der Waals surface area (Å²) in [4.78, 5) is 4.55. The van der Waals surface area contributed by atoms with Crippen molar-refractivity contribution in [3.8, 4) is 0 Å². The number of aliphatic hydroxyl groups is 2. The molecule has 0 spiro atoms. The van der Waals surface area contributed by atoms with E-state index < -0.39 is 0 Å². The summed E-state index contributed by atoms with van der Waals surface area (Å²) in [7, 11) is 0. The highest BCUT2D eigenvalue weighted by Gasteiger charge is 2.22. The molecule has 0 aliphatic carbocycles. The van der Waals surface area contributed by atoms with Gasteiger partial charge in [0.25, 0.3) is 0 Å². The Labute approximate surface area is 79.8 Å². The molecule has 13 heavy (non-hydrogen) atoms. The Kier molecular flexibility index (Phi) is 4.66. The molecule has 0 radical (unpaired) electrons. The summed E-state index contributed by atoms with van der Waals surface area (Å²) in [5.41, 5.74) is 0. The van der Waals surface area contributed by atoms with Crippen molar-refractivity contribution in [2.45, 2.75) is 13.0 Å². The third kappa shape index (κ3) is 3.23. The number of rotatable bonds is 4. The van der Waals surface area contributed by atoms with Gasteiger partial charge in [-0.25, -0.2) is 0 Å². The molecule has 0 saturated carbocycles. The largest absolute Gasteiger partial charge is 0.395 e. The number of β-amino-alcohol motifs (C(OH)–C–C–N with tert-alkyl or cyclic N) is 2. The fourth-order valence-corrected chi connectivity index (χ4v) is 1.88. The van der Waals surface area contributed by atoms with Crippen LogP contribution in [0.25, 0.3) is 0 Å². The number of hydrogen-bond donors (Lipinski definition) is 2. The van der Waals surface area contributed by atoms with Crippen LogP contribution in [0.4, 0.5) is 0 Å². The molecule has 1 atom stereocenters. The summed E-state index contributed by atoms with van der Waals surface area (Å²) in [6, 6.07) is 0.493. The zero-order valence-corrected chi connectivity index (χ0v) is 8.32. The van der Waals surface area contributed by atoms with Gasteiger partial charge < -0.3 is 10.2 Å². The second-order valence-corrected chi connectivity index (χ2v) is 3.63. The highest BCUT2D eigenvalue weighted by molar-refractivity contribution is 4.78. The first-order chi connectivity index (χ1) is 6.27. The molecule has 1 rings (SSSR count). The maximum absolute atomic E-state index is 8.81. The van der Waals surface area contributed by atoms with Crippen LogP contribution in [-0.4, -0.2) is 72.0 Å². The van der Waals surface area contributed by atoms with Crippen LogP contribution in [0.3, 0.4) is 0 Å². The van der Waals surface area contributed by atoms with Gasteiger partial charge in [0.1, 0.15) is 0 Å². The molecule has 0 amide bonds. The average molecular weight is 188 g/mol. The van der Waals surface area contributed by atoms with Crippen molar-refractivity contribution >= 4 is 0 Å². The monoisotopic (exact) mass is 188 g/mol. The molecule has 1 unspecified atom stereocenters. The van der Waals surface area contributed by atoms with E-state index in [9.17, 15) is 0 Å². The molecule has 4 heteroatoms. The van der Waals surface area contributed by atoms with Crippen LogP contribution >= 0.6 is 0 Å². The fraction of sp³-hybridized carbons (Fsp3) is 1.00. The van der Waals surface area contributed by atoms with Crippen molar-refractivity contribution in [3.63, 3.8) is 0 Å². The van der Waals surface area contributed by atoms with Gasteiger partial charge in [-0.1, -0.05) is 0 Å². The van der Waals surface area contributed by atoms with Gasteiger partial charge in [0.15, 0.2) is 0 Å². The van der Waals surface area contributed by atoms with E-state index in [1.54, 1.807) is 0 Å². The lowest BCUT2D eigenvalue weighted by Gasteiger charge is -2.39. The molecule has 0 aromatic carbocycles. The fourth-order valence-electron chi connectivity index (χ4n) is 1.88. The lowest BCUT2D eigenvalue weighted by atomic mass is 10.2. The van der Waals surface area contributed by atoms with E-state index in [-0.39, 0.29) is 13.2 Å². The van der Waals surface area contributed by atoms with Crippen LogP contribution in [-0.2, 0) is 0 Å². The molecule has 1 fully saturated rings. The first kappa shape index (κ1) is 10.9. The highest BCUT2D eigenvalue weighted by Crippen LogP contribution is 2.07. The van der Waals surface area contributed by atoms with Crippen LogP contribution < -0.4 is 0 Å². The Morgan fingerprint density at radius 2 is 1.85 bits per heavy atom. The predicted octanol–water partition coefficient (Wildman–Crippen LogP) is -1.02. The molecule has 1 heterocycles. The summed E-state index contributed by atoms with van der Waals surface area (Å²) in [5, 5.41) is 17.6. The van der Waals surface area contributed by atoms with Crippen LogP contribution in [0.2, 0.25) is 0 Å². The zero-order chi connectivity index (χ0) is 9.68. The normalized spacial score (nSPS) is 26.5. The maximum atomic E-state index is 8.81. The maximum Gasteiger partial charge on any atom is 0.0558 e. The van der Waals surface area contributed by atoms with Crippen molar-refractivity contribution in [1.29, 1.82) is 0 Å². The Balaban J connectivity index is 2.28. The van der Waals surface area contributed by atoms with E-state index in [0.717, 1.165) is 32.7 Å². The van der Waals surface area contributed by atoms with Gasteiger partial charge in [-0.2, -0.15) is 0 Å². The number of hydrogen-bond acceptors (Lipinski definition) is 4. The van der Waals surface area contributed by atoms with Gasteiger partial charge >= 0.3 is 0 Å². The summed E-state index contributed by atoms with van der Waals surface area (Å²) in [6.07, 6.45) is 0. The molecule has 1 aliphatic rings. The Morgan fingerprint density at radius 1 is 1.15 bits per heavy atom. The van der Waals surface area contributed by atoms with E-state index in [0.29, 0.717) is 6.04 Å². The number of aliphatic hydroxyl groups excluding tert-OH is 2. The minimum atomic E-state index is 0.240. The van der Waals surface area contributed by atoms with Gasteiger partial charge in [0.05, 0.1) is 13.2 Å². The molecule has 2 N–H and O–H groups in total. The summed E-state index contributed by atoms with van der Waals surface area (Å²) >= 11 is 0. The lowest BCUT2D eigenvalue weighted by Crippen LogP contribution is -2.52. The molecular weight excluding hydrogens is 168 g/mol. The number of piperazine rings is 1. The summed E-state index contributed by atoms with van der Waals surface area (Å²) < 4.78 is 0. The second-order valence-electron chi connectivity index (χ2n) is 3.63. The highest BCUT2D eigenvalue weighted by atomic mass is 16.3. The predicted molar refractivity (Wildman–Crippen MR) is 51.6 cm³/mol. The summed E-state index contributed by atoms with van der Waals surface area (Å²) in [5.74, 6) is 0. The molecule has 0 bridgehead atoms. The standard InChI is InChI=1S/C9H20N2O2/c1-9-8-10(4-6-12)2-3-11(9)5-7-13/h9,12-13H,2-8H2,1H3. The molecule has 1 saturated heterocycles. The van der Waals surface area contributed by atoms with Gasteiger partial charge in [-0.15, -0.1) is 0 Å². The third-order valence-electron chi connectivity index (χ3n) is 2.65. The SMILES string of the molecule is CC1CN(CCO)CCN1CCO. The Hall–Kier alpha value is -0.160. The molecule has 4 nitrogen and oxygen atoms in total. The van der Waals surface area contributed by atoms with Crippen molar-refractivity contribution in [1.82, 2.24) is 9.80 Å². The van der Waals surface area contributed by atoms with Crippen molar-refractivity contribution in [2.24, 2.45) is 0 Å². The molecule has 0 aromatic heterocycles. The second kappa shape index (κ2) is 5.54. The first-order valence-corrected chi connectivity index (χ1v) is 4.96. The van der Waals surface area contributed by atoms with E-state index in [1.807, 2.05) is 0 Å². The van der Waals surface area contributed by atoms with E-state index in [4.69, 9.17) is 10.2 Å². The number of nitrogens with zero attached hydrogens (tertiary/aromatic N) is 2. The first-order valence-electron chi connectivity index (χ1n) is 4.96. The van der Waals surface area contributed by atoms with Crippen molar-refractivity contribution in [2.75, 3.05) is 45.9 Å². The van der Waals surface area contributed by atoms with E-state index in [1.165, 1.54) is 0 Å². The minimum Gasteiger partial charge on any atom is -0.395 e. The van der Waals surface area contributed by atoms with Gasteiger partial charge in [-0.05, 0) is 6.92 Å². The molecule has 0 aromatic rings. The van der Waals surface area contributed by atoms with Crippen LogP contribution in [0, 0.1) is 0 Å². The van der Waals surface area contributed by atoms with Crippen LogP contribution in [0.1, 0.15) is 6.92 Å². The van der Waals surface area contributed by atoms with E-state index in [2.05, 4.69) is 16.7 Å². The van der Waals surface area contributed by atoms with Crippen LogP contribution in [0.15, 0.2) is 0 Å². The summed E-state index contributed by atoms with van der Waals surface area (Å²) in [6.45, 7) is 7.20. The Morgan fingerprint density at radius 3 is 2.38 bits per heavy atom.